The fraction of sp³-hybridized carbons (Fsp3) is 0.818. The minimum Gasteiger partial charge on any atom is -0.480 e. The highest BCUT2D eigenvalue weighted by Crippen LogP contribution is 2.36. The summed E-state index contributed by atoms with van der Waals surface area (Å²) in [4.78, 5) is 24.0. The van der Waals surface area contributed by atoms with Crippen molar-refractivity contribution in [3.05, 3.63) is 0 Å². The van der Waals surface area contributed by atoms with Gasteiger partial charge in [-0.05, 0) is 12.8 Å². The molecule has 0 heterocycles. The molecular formula is C11H20N2O3. The molecule has 5 heteroatoms. The molecule has 1 saturated carbocycles. The van der Waals surface area contributed by atoms with E-state index in [0.29, 0.717) is 6.54 Å². The van der Waals surface area contributed by atoms with Crippen LogP contribution in [0.4, 0.5) is 0 Å². The van der Waals surface area contributed by atoms with Gasteiger partial charge in [-0.3, -0.25) is 9.59 Å². The van der Waals surface area contributed by atoms with Crippen LogP contribution in [-0.2, 0) is 9.59 Å². The van der Waals surface area contributed by atoms with Gasteiger partial charge in [0.25, 0.3) is 0 Å². The normalized spacial score (nSPS) is 19.1. The van der Waals surface area contributed by atoms with E-state index in [-0.39, 0.29) is 12.5 Å². The number of nitrogens with zero attached hydrogens (tertiary/aromatic N) is 1. The molecule has 0 aromatic carbocycles. The molecule has 1 rings (SSSR count). The zero-order chi connectivity index (χ0) is 12.2. The lowest BCUT2D eigenvalue weighted by atomic mass is 9.73. The molecule has 0 bridgehead atoms. The van der Waals surface area contributed by atoms with Gasteiger partial charge in [0.2, 0.25) is 5.91 Å². The van der Waals surface area contributed by atoms with Crippen LogP contribution in [0, 0.1) is 5.41 Å². The van der Waals surface area contributed by atoms with Gasteiger partial charge in [-0.2, -0.15) is 0 Å². The van der Waals surface area contributed by atoms with Gasteiger partial charge < -0.3 is 15.7 Å². The molecule has 0 aromatic heterocycles. The lowest BCUT2D eigenvalue weighted by Gasteiger charge is -2.37. The Morgan fingerprint density at radius 3 is 2.31 bits per heavy atom. The third-order valence-corrected chi connectivity index (χ3v) is 3.37. The van der Waals surface area contributed by atoms with E-state index in [1.54, 1.807) is 0 Å². The quantitative estimate of drug-likeness (QED) is 0.731. The Morgan fingerprint density at radius 1 is 1.31 bits per heavy atom. The molecular weight excluding hydrogens is 208 g/mol. The first kappa shape index (κ1) is 13.0. The second kappa shape index (κ2) is 5.30. The monoisotopic (exact) mass is 228 g/mol. The molecule has 0 atom stereocenters. The van der Waals surface area contributed by atoms with E-state index in [4.69, 9.17) is 10.8 Å². The maximum absolute atomic E-state index is 12.2. The van der Waals surface area contributed by atoms with E-state index in [2.05, 4.69) is 0 Å². The molecule has 0 saturated heterocycles. The first-order valence-electron chi connectivity index (χ1n) is 5.69. The Bertz CT molecular complexity index is 272. The minimum atomic E-state index is -0.987. The van der Waals surface area contributed by atoms with Crippen LogP contribution in [0.3, 0.4) is 0 Å². The summed E-state index contributed by atoms with van der Waals surface area (Å²) in [5, 5.41) is 8.66. The highest BCUT2D eigenvalue weighted by Gasteiger charge is 2.40. The van der Waals surface area contributed by atoms with Crippen molar-refractivity contribution in [2.45, 2.75) is 32.1 Å². The van der Waals surface area contributed by atoms with Gasteiger partial charge in [0.1, 0.15) is 6.54 Å². The summed E-state index contributed by atoms with van der Waals surface area (Å²) in [6.45, 7) is 0.0658. The van der Waals surface area contributed by atoms with Gasteiger partial charge >= 0.3 is 5.97 Å². The number of carboxylic acid groups (broad SMARTS) is 1. The Morgan fingerprint density at radius 2 is 1.88 bits per heavy atom. The first-order chi connectivity index (χ1) is 7.52. The second-order valence-electron chi connectivity index (χ2n) is 4.60. The highest BCUT2D eigenvalue weighted by molar-refractivity contribution is 5.86. The van der Waals surface area contributed by atoms with Crippen molar-refractivity contribution in [3.8, 4) is 0 Å². The fourth-order valence-electron chi connectivity index (χ4n) is 2.41. The predicted octanol–water partition coefficient (Wildman–Crippen LogP) is 0.439. The van der Waals surface area contributed by atoms with Gasteiger partial charge in [-0.15, -0.1) is 0 Å². The predicted molar refractivity (Wildman–Crippen MR) is 59.8 cm³/mol. The largest absolute Gasteiger partial charge is 0.480 e. The number of hydrogen-bond donors (Lipinski definition) is 2. The maximum atomic E-state index is 12.2. The first-order valence-corrected chi connectivity index (χ1v) is 5.69. The summed E-state index contributed by atoms with van der Waals surface area (Å²) in [5.74, 6) is -1.10. The van der Waals surface area contributed by atoms with Crippen LogP contribution < -0.4 is 5.73 Å². The zero-order valence-electron chi connectivity index (χ0n) is 9.74. The Balaban J connectivity index is 2.71. The summed E-state index contributed by atoms with van der Waals surface area (Å²) in [6.07, 6.45) is 4.71. The van der Waals surface area contributed by atoms with Gasteiger partial charge in [-0.25, -0.2) is 0 Å². The van der Waals surface area contributed by atoms with E-state index in [9.17, 15) is 9.59 Å². The van der Waals surface area contributed by atoms with Gasteiger partial charge in [-0.1, -0.05) is 19.3 Å². The van der Waals surface area contributed by atoms with Crippen LogP contribution in [0.2, 0.25) is 0 Å². The molecule has 1 aliphatic carbocycles. The molecule has 92 valence electrons. The van der Waals surface area contributed by atoms with Gasteiger partial charge in [0, 0.05) is 13.6 Å². The number of likely N-dealkylation sites (N-methyl/N-ethyl adjacent to an activating group) is 1. The van der Waals surface area contributed by atoms with Crippen molar-refractivity contribution >= 4 is 11.9 Å². The van der Waals surface area contributed by atoms with E-state index in [1.165, 1.54) is 11.9 Å². The minimum absolute atomic E-state index is 0.114. The average Bonchev–Trinajstić information content (AvgIpc) is 2.28. The molecule has 1 fully saturated rings. The molecule has 1 amide bonds. The van der Waals surface area contributed by atoms with Crippen molar-refractivity contribution in [3.63, 3.8) is 0 Å². The van der Waals surface area contributed by atoms with Crippen LogP contribution in [-0.4, -0.2) is 42.0 Å². The van der Waals surface area contributed by atoms with E-state index < -0.39 is 11.4 Å². The maximum Gasteiger partial charge on any atom is 0.323 e. The number of carboxylic acids is 1. The Kier molecular flexibility index (Phi) is 4.29. The molecule has 0 spiro atoms. The summed E-state index contributed by atoms with van der Waals surface area (Å²) in [7, 11) is 1.53. The van der Waals surface area contributed by atoms with Crippen molar-refractivity contribution in [2.24, 2.45) is 11.1 Å². The molecule has 16 heavy (non-hydrogen) atoms. The summed E-state index contributed by atoms with van der Waals surface area (Å²) in [6, 6.07) is 0. The summed E-state index contributed by atoms with van der Waals surface area (Å²) >= 11 is 0. The lowest BCUT2D eigenvalue weighted by Crippen LogP contribution is -2.49. The molecule has 1 aliphatic rings. The van der Waals surface area contributed by atoms with Gasteiger partial charge in [0.05, 0.1) is 5.41 Å². The van der Waals surface area contributed by atoms with Crippen molar-refractivity contribution < 1.29 is 14.7 Å². The Labute approximate surface area is 95.6 Å². The molecule has 3 N–H and O–H groups in total. The van der Waals surface area contributed by atoms with Crippen LogP contribution in [0.5, 0.6) is 0 Å². The smallest absolute Gasteiger partial charge is 0.323 e. The number of carbonyl (C=O) groups excluding carboxylic acids is 1. The van der Waals surface area contributed by atoms with Crippen LogP contribution in [0.25, 0.3) is 0 Å². The molecule has 0 aromatic rings. The van der Waals surface area contributed by atoms with Crippen LogP contribution in [0.1, 0.15) is 32.1 Å². The van der Waals surface area contributed by atoms with Crippen molar-refractivity contribution in [1.82, 2.24) is 4.90 Å². The number of amides is 1. The molecule has 0 unspecified atom stereocenters. The third-order valence-electron chi connectivity index (χ3n) is 3.37. The van der Waals surface area contributed by atoms with Crippen molar-refractivity contribution in [1.29, 1.82) is 0 Å². The fourth-order valence-corrected chi connectivity index (χ4v) is 2.41. The number of hydrogen-bond acceptors (Lipinski definition) is 3. The van der Waals surface area contributed by atoms with E-state index >= 15 is 0 Å². The Hall–Kier alpha value is -1.10. The standard InChI is InChI=1S/C11H20N2O3/c1-13(7-9(14)15)10(16)11(8-12)5-3-2-4-6-11/h2-8,12H2,1H3,(H,14,15). The number of rotatable bonds is 4. The van der Waals surface area contributed by atoms with Gasteiger partial charge in [0.15, 0.2) is 0 Å². The summed E-state index contributed by atoms with van der Waals surface area (Å²) in [5.41, 5.74) is 5.20. The van der Waals surface area contributed by atoms with Crippen LogP contribution >= 0.6 is 0 Å². The van der Waals surface area contributed by atoms with Crippen molar-refractivity contribution in [2.75, 3.05) is 20.1 Å². The second-order valence-corrected chi connectivity index (χ2v) is 4.60. The van der Waals surface area contributed by atoms with E-state index in [0.717, 1.165) is 32.1 Å². The number of carbonyl (C=O) groups is 2. The molecule has 0 radical (unpaired) electrons. The summed E-state index contributed by atoms with van der Waals surface area (Å²) < 4.78 is 0. The SMILES string of the molecule is CN(CC(=O)O)C(=O)C1(CN)CCCCC1. The van der Waals surface area contributed by atoms with E-state index in [1.807, 2.05) is 0 Å². The molecule has 5 nitrogen and oxygen atoms in total. The highest BCUT2D eigenvalue weighted by atomic mass is 16.4. The topological polar surface area (TPSA) is 83.6 Å². The zero-order valence-corrected chi connectivity index (χ0v) is 9.74. The number of aliphatic carboxylic acids is 1. The van der Waals surface area contributed by atoms with Crippen LogP contribution in [0.15, 0.2) is 0 Å². The average molecular weight is 228 g/mol. The lowest BCUT2D eigenvalue weighted by molar-refractivity contribution is -0.149. The molecule has 0 aliphatic heterocycles. The number of nitrogens with two attached hydrogens (primary N) is 1. The third kappa shape index (κ3) is 2.72.